The van der Waals surface area contributed by atoms with Gasteiger partial charge in [-0.15, -0.1) is 0 Å². The van der Waals surface area contributed by atoms with E-state index in [1.807, 2.05) is 0 Å². The molecule has 0 amide bonds. The molecule has 0 aliphatic heterocycles. The van der Waals surface area contributed by atoms with Crippen LogP contribution in [0.1, 0.15) is 0 Å². The predicted octanol–water partition coefficient (Wildman–Crippen LogP) is -0.811. The molecule has 0 saturated heterocycles. The Balaban J connectivity index is 0. The standard InChI is InChI=1S/C2H2O4.Na.H/c3-1-6-2(4)5;;/h1H,(H,4,5);;. The number of carboxylic acid groups (broad SMARTS) is 1. The third kappa shape index (κ3) is 10.7. The number of ether oxygens (including phenoxy) is 1. The van der Waals surface area contributed by atoms with Crippen LogP contribution in [0.5, 0.6) is 0 Å². The Morgan fingerprint density at radius 1 is 1.71 bits per heavy atom. The van der Waals surface area contributed by atoms with Crippen LogP contribution in [0.15, 0.2) is 0 Å². The van der Waals surface area contributed by atoms with Crippen LogP contribution in [0.3, 0.4) is 0 Å². The average Bonchev–Trinajstić information content (AvgIpc) is 1.35. The molecule has 0 atom stereocenters. The van der Waals surface area contributed by atoms with Crippen LogP contribution >= 0.6 is 0 Å². The fourth-order valence-electron chi connectivity index (χ4n) is 0.0412. The molecule has 0 heterocycles. The maximum absolute atomic E-state index is 9.15. The molecule has 0 aromatic rings. The van der Waals surface area contributed by atoms with Crippen molar-refractivity contribution in [2.75, 3.05) is 0 Å². The Morgan fingerprint density at radius 2 is 2.14 bits per heavy atom. The molecule has 0 rings (SSSR count). The SMILES string of the molecule is O=COC(=O)O.[NaH]. The summed E-state index contributed by atoms with van der Waals surface area (Å²) in [6, 6.07) is 0. The van der Waals surface area contributed by atoms with Crippen LogP contribution in [0, 0.1) is 0 Å². The fourth-order valence-corrected chi connectivity index (χ4v) is 0.0412. The van der Waals surface area contributed by atoms with E-state index in [2.05, 4.69) is 4.74 Å². The summed E-state index contributed by atoms with van der Waals surface area (Å²) >= 11 is 0. The van der Waals surface area contributed by atoms with Gasteiger partial charge >= 0.3 is 42.2 Å². The van der Waals surface area contributed by atoms with Crippen molar-refractivity contribution in [3.63, 3.8) is 0 Å². The van der Waals surface area contributed by atoms with E-state index in [0.29, 0.717) is 0 Å². The van der Waals surface area contributed by atoms with E-state index in [1.54, 1.807) is 0 Å². The molecule has 4 nitrogen and oxygen atoms in total. The van der Waals surface area contributed by atoms with Gasteiger partial charge < -0.3 is 9.84 Å². The van der Waals surface area contributed by atoms with Gasteiger partial charge in [0.2, 0.25) is 0 Å². The van der Waals surface area contributed by atoms with Crippen molar-refractivity contribution < 1.29 is 19.4 Å². The second kappa shape index (κ2) is 5.94. The van der Waals surface area contributed by atoms with Gasteiger partial charge in [0.1, 0.15) is 0 Å². The van der Waals surface area contributed by atoms with Crippen molar-refractivity contribution in [3.8, 4) is 0 Å². The summed E-state index contributed by atoms with van der Waals surface area (Å²) in [5.74, 6) is 0. The Kier molecular flexibility index (Phi) is 8.51. The summed E-state index contributed by atoms with van der Waals surface area (Å²) in [7, 11) is 0. The van der Waals surface area contributed by atoms with Crippen molar-refractivity contribution >= 4 is 42.2 Å². The Hall–Kier alpha value is -0.0600. The van der Waals surface area contributed by atoms with E-state index in [0.717, 1.165) is 0 Å². The molecule has 0 saturated carbocycles. The van der Waals surface area contributed by atoms with Gasteiger partial charge in [-0.1, -0.05) is 0 Å². The zero-order chi connectivity index (χ0) is 4.99. The second-order valence-electron chi connectivity index (χ2n) is 0.480. The summed E-state index contributed by atoms with van der Waals surface area (Å²) in [4.78, 5) is 18.2. The monoisotopic (exact) mass is 114 g/mol. The Labute approximate surface area is 61.7 Å². The molecule has 0 unspecified atom stereocenters. The van der Waals surface area contributed by atoms with E-state index in [-0.39, 0.29) is 36.0 Å². The number of hydrogen-bond acceptors (Lipinski definition) is 3. The number of rotatable bonds is 1. The van der Waals surface area contributed by atoms with Crippen molar-refractivity contribution in [3.05, 3.63) is 0 Å². The molecule has 0 spiro atoms. The molecule has 0 aliphatic rings. The number of carbonyl (C=O) groups excluding carboxylic acids is 1. The molecule has 7 heavy (non-hydrogen) atoms. The van der Waals surface area contributed by atoms with Crippen molar-refractivity contribution in [2.24, 2.45) is 0 Å². The maximum atomic E-state index is 9.15. The van der Waals surface area contributed by atoms with Crippen LogP contribution in [0.25, 0.3) is 0 Å². The number of hydrogen-bond donors (Lipinski definition) is 1. The van der Waals surface area contributed by atoms with Gasteiger partial charge in [0.15, 0.2) is 0 Å². The molecule has 0 aliphatic carbocycles. The molecule has 1 N–H and O–H groups in total. The van der Waals surface area contributed by atoms with Gasteiger partial charge in [0.25, 0.3) is 0 Å². The first kappa shape index (κ1) is 10.0. The fraction of sp³-hybridized carbons (Fsp3) is 0. The van der Waals surface area contributed by atoms with Gasteiger partial charge in [-0.2, -0.15) is 0 Å². The minimum absolute atomic E-state index is 0. The molecule has 0 aromatic carbocycles. The van der Waals surface area contributed by atoms with E-state index in [9.17, 15) is 0 Å². The molecule has 0 bridgehead atoms. The quantitative estimate of drug-likeness (QED) is 0.209. The summed E-state index contributed by atoms with van der Waals surface area (Å²) in [5.41, 5.74) is 0. The van der Waals surface area contributed by atoms with Crippen molar-refractivity contribution in [2.45, 2.75) is 0 Å². The van der Waals surface area contributed by atoms with Crippen LogP contribution < -0.4 is 0 Å². The average molecular weight is 114 g/mol. The Bertz CT molecular complexity index is 70.1. The zero-order valence-corrected chi connectivity index (χ0v) is 2.75. The molecule has 36 valence electrons. The van der Waals surface area contributed by atoms with Crippen LogP contribution in [0.2, 0.25) is 0 Å². The van der Waals surface area contributed by atoms with Gasteiger partial charge in [-0.25, -0.2) is 4.79 Å². The van der Waals surface area contributed by atoms with Crippen molar-refractivity contribution in [1.29, 1.82) is 0 Å². The zero-order valence-electron chi connectivity index (χ0n) is 2.75. The molecular formula is C2H3NaO4. The molecule has 0 fully saturated rings. The van der Waals surface area contributed by atoms with Crippen molar-refractivity contribution in [1.82, 2.24) is 0 Å². The van der Waals surface area contributed by atoms with E-state index < -0.39 is 6.16 Å². The van der Waals surface area contributed by atoms with E-state index in [4.69, 9.17) is 14.7 Å². The normalized spacial score (nSPS) is 5.71. The predicted molar refractivity (Wildman–Crippen MR) is 22.3 cm³/mol. The Morgan fingerprint density at radius 3 is 2.14 bits per heavy atom. The summed E-state index contributed by atoms with van der Waals surface area (Å²) in [6.07, 6.45) is -1.58. The van der Waals surface area contributed by atoms with Gasteiger partial charge in [-0.05, 0) is 0 Å². The van der Waals surface area contributed by atoms with E-state index in [1.165, 1.54) is 0 Å². The van der Waals surface area contributed by atoms with Crippen LogP contribution in [-0.2, 0) is 9.53 Å². The van der Waals surface area contributed by atoms with Gasteiger partial charge in [-0.3, -0.25) is 4.79 Å². The summed E-state index contributed by atoms with van der Waals surface area (Å²) < 4.78 is 3.28. The molecule has 5 heteroatoms. The summed E-state index contributed by atoms with van der Waals surface area (Å²) in [6.45, 7) is -0.150. The molecule has 0 aromatic heterocycles. The second-order valence-corrected chi connectivity index (χ2v) is 0.480. The van der Waals surface area contributed by atoms with Gasteiger partial charge in [0.05, 0.1) is 0 Å². The summed E-state index contributed by atoms with van der Waals surface area (Å²) in [5, 5.41) is 7.46. The minimum atomic E-state index is -1.58. The topological polar surface area (TPSA) is 63.6 Å². The molecular weight excluding hydrogens is 111 g/mol. The third-order valence-electron chi connectivity index (χ3n) is 0.149. The first-order valence-corrected chi connectivity index (χ1v) is 1.10. The van der Waals surface area contributed by atoms with Crippen LogP contribution in [0.4, 0.5) is 4.79 Å². The molecule has 0 radical (unpaired) electrons. The first-order valence-electron chi connectivity index (χ1n) is 1.10. The van der Waals surface area contributed by atoms with E-state index >= 15 is 0 Å². The third-order valence-corrected chi connectivity index (χ3v) is 0.149. The van der Waals surface area contributed by atoms with Crippen LogP contribution in [-0.4, -0.2) is 47.3 Å². The first-order chi connectivity index (χ1) is 2.77. The number of carbonyl (C=O) groups is 2. The van der Waals surface area contributed by atoms with Gasteiger partial charge in [0, 0.05) is 0 Å².